The van der Waals surface area contributed by atoms with Crippen LogP contribution in [-0.4, -0.2) is 23.3 Å². The Hall–Kier alpha value is -2.53. The zero-order valence-corrected chi connectivity index (χ0v) is 15.3. The number of para-hydroxylation sites is 1. The minimum atomic E-state index is -0.0990. The van der Waals surface area contributed by atoms with Crippen LogP contribution in [0.15, 0.2) is 48.5 Å². The predicted octanol–water partition coefficient (Wildman–Crippen LogP) is 3.24. The Morgan fingerprint density at radius 1 is 1.08 bits per heavy atom. The van der Waals surface area contributed by atoms with Gasteiger partial charge in [0.15, 0.2) is 0 Å². The molecule has 3 N–H and O–H groups in total. The summed E-state index contributed by atoms with van der Waals surface area (Å²) in [4.78, 5) is 25.6. The fourth-order valence-corrected chi connectivity index (χ4v) is 2.45. The molecule has 0 aromatic heterocycles. The third kappa shape index (κ3) is 6.12. The highest BCUT2D eigenvalue weighted by atomic mass is 35.5. The second-order valence-electron chi connectivity index (χ2n) is 5.66. The fourth-order valence-electron chi connectivity index (χ4n) is 2.45. The van der Waals surface area contributed by atoms with Crippen LogP contribution in [0.4, 0.5) is 11.4 Å². The number of nitrogens with zero attached hydrogens (tertiary/aromatic N) is 1. The first-order valence-corrected chi connectivity index (χ1v) is 7.97. The molecule has 2 aromatic rings. The molecular formula is C19H24ClN3O2. The molecule has 0 heterocycles. The third-order valence-electron chi connectivity index (χ3n) is 3.82. The van der Waals surface area contributed by atoms with Gasteiger partial charge in [0.1, 0.15) is 0 Å². The summed E-state index contributed by atoms with van der Waals surface area (Å²) in [5.74, 6) is -0.0846. The van der Waals surface area contributed by atoms with Crippen LogP contribution in [0.1, 0.15) is 25.0 Å². The average molecular weight is 362 g/mol. The van der Waals surface area contributed by atoms with E-state index in [1.807, 2.05) is 43.3 Å². The van der Waals surface area contributed by atoms with Crippen LogP contribution >= 0.6 is 12.4 Å². The normalized spacial score (nSPS) is 9.84. The molecule has 2 rings (SSSR count). The first-order chi connectivity index (χ1) is 11.5. The number of nitrogens with one attached hydrogen (secondary N) is 1. The maximum Gasteiger partial charge on any atom is 0.228 e. The zero-order chi connectivity index (χ0) is 17.5. The highest BCUT2D eigenvalue weighted by Crippen LogP contribution is 2.18. The Morgan fingerprint density at radius 2 is 1.72 bits per heavy atom. The van der Waals surface area contributed by atoms with E-state index >= 15 is 0 Å². The van der Waals surface area contributed by atoms with Crippen LogP contribution in [0.2, 0.25) is 0 Å². The van der Waals surface area contributed by atoms with Gasteiger partial charge in [-0.15, -0.1) is 12.4 Å². The van der Waals surface area contributed by atoms with E-state index in [0.29, 0.717) is 18.8 Å². The van der Waals surface area contributed by atoms with Crippen molar-refractivity contribution in [1.29, 1.82) is 0 Å². The highest BCUT2D eigenvalue weighted by molar-refractivity contribution is 5.93. The minimum Gasteiger partial charge on any atom is -0.399 e. The molecule has 0 aliphatic carbocycles. The van der Waals surface area contributed by atoms with Crippen molar-refractivity contribution in [3.05, 3.63) is 59.7 Å². The summed E-state index contributed by atoms with van der Waals surface area (Å²) in [6, 6.07) is 14.8. The van der Waals surface area contributed by atoms with E-state index in [9.17, 15) is 9.59 Å². The monoisotopic (exact) mass is 361 g/mol. The van der Waals surface area contributed by atoms with Gasteiger partial charge in [-0.1, -0.05) is 30.3 Å². The number of rotatable bonds is 6. The summed E-state index contributed by atoms with van der Waals surface area (Å²) >= 11 is 0. The van der Waals surface area contributed by atoms with Gasteiger partial charge in [0.05, 0.1) is 6.42 Å². The molecule has 25 heavy (non-hydrogen) atoms. The fraction of sp³-hybridized carbons (Fsp3) is 0.263. The van der Waals surface area contributed by atoms with Crippen LogP contribution in [-0.2, 0) is 22.6 Å². The first kappa shape index (κ1) is 20.5. The summed E-state index contributed by atoms with van der Waals surface area (Å²) in [5.41, 5.74) is 8.88. The molecule has 0 saturated heterocycles. The van der Waals surface area contributed by atoms with Crippen molar-refractivity contribution < 1.29 is 9.59 Å². The summed E-state index contributed by atoms with van der Waals surface area (Å²) in [6.07, 6.45) is 0.277. The van der Waals surface area contributed by atoms with Crippen LogP contribution in [0, 0.1) is 0 Å². The van der Waals surface area contributed by atoms with Crippen LogP contribution in [0.25, 0.3) is 0 Å². The van der Waals surface area contributed by atoms with Crippen molar-refractivity contribution in [3.8, 4) is 0 Å². The van der Waals surface area contributed by atoms with Crippen molar-refractivity contribution in [1.82, 2.24) is 4.90 Å². The average Bonchev–Trinajstić information content (AvgIpc) is 2.55. The lowest BCUT2D eigenvalue weighted by Gasteiger charge is -2.21. The van der Waals surface area contributed by atoms with Gasteiger partial charge in [-0.05, 0) is 36.2 Å². The molecule has 0 aliphatic heterocycles. The molecule has 0 saturated carbocycles. The highest BCUT2D eigenvalue weighted by Gasteiger charge is 2.12. The van der Waals surface area contributed by atoms with E-state index in [2.05, 4.69) is 5.32 Å². The topological polar surface area (TPSA) is 75.4 Å². The lowest BCUT2D eigenvalue weighted by Crippen LogP contribution is -2.28. The standard InChI is InChI=1S/C19H23N3O2.ClH/c1-3-22(14(2)23)13-16-6-4-5-7-18(16)21-19(24)12-15-8-10-17(20)11-9-15;/h4-11H,3,12-13,20H2,1-2H3,(H,21,24);1H. The van der Waals surface area contributed by atoms with Crippen molar-refractivity contribution in [2.45, 2.75) is 26.8 Å². The molecule has 0 unspecified atom stereocenters. The number of carbonyl (C=O) groups is 2. The Balaban J connectivity index is 0.00000312. The summed E-state index contributed by atoms with van der Waals surface area (Å²) in [7, 11) is 0. The van der Waals surface area contributed by atoms with Crippen LogP contribution < -0.4 is 11.1 Å². The predicted molar refractivity (Wildman–Crippen MR) is 104 cm³/mol. The van der Waals surface area contributed by atoms with Gasteiger partial charge >= 0.3 is 0 Å². The number of halogens is 1. The van der Waals surface area contributed by atoms with Crippen molar-refractivity contribution >= 4 is 35.6 Å². The van der Waals surface area contributed by atoms with E-state index in [-0.39, 0.29) is 30.6 Å². The van der Waals surface area contributed by atoms with Gasteiger partial charge in [0.25, 0.3) is 0 Å². The number of hydrogen-bond acceptors (Lipinski definition) is 3. The van der Waals surface area contributed by atoms with E-state index < -0.39 is 0 Å². The number of nitrogens with two attached hydrogens (primary N) is 1. The molecule has 0 bridgehead atoms. The molecule has 5 nitrogen and oxygen atoms in total. The van der Waals surface area contributed by atoms with Gasteiger partial charge in [-0.3, -0.25) is 9.59 Å². The molecule has 0 atom stereocenters. The zero-order valence-electron chi connectivity index (χ0n) is 14.5. The second-order valence-corrected chi connectivity index (χ2v) is 5.66. The Morgan fingerprint density at radius 3 is 2.32 bits per heavy atom. The van der Waals surface area contributed by atoms with E-state index in [4.69, 9.17) is 5.73 Å². The number of benzene rings is 2. The van der Waals surface area contributed by atoms with E-state index in [1.165, 1.54) is 0 Å². The largest absolute Gasteiger partial charge is 0.399 e. The van der Waals surface area contributed by atoms with Gasteiger partial charge in [0.2, 0.25) is 11.8 Å². The van der Waals surface area contributed by atoms with Crippen molar-refractivity contribution in [2.24, 2.45) is 0 Å². The lowest BCUT2D eigenvalue weighted by atomic mass is 10.1. The number of hydrogen-bond donors (Lipinski definition) is 2. The molecule has 2 aromatic carbocycles. The first-order valence-electron chi connectivity index (χ1n) is 7.97. The molecule has 0 fully saturated rings. The Bertz CT molecular complexity index is 717. The summed E-state index contributed by atoms with van der Waals surface area (Å²) < 4.78 is 0. The molecule has 6 heteroatoms. The molecule has 0 aliphatic rings. The van der Waals surface area contributed by atoms with E-state index in [1.54, 1.807) is 24.0 Å². The van der Waals surface area contributed by atoms with Crippen LogP contribution in [0.5, 0.6) is 0 Å². The smallest absolute Gasteiger partial charge is 0.228 e. The van der Waals surface area contributed by atoms with Crippen LogP contribution in [0.3, 0.4) is 0 Å². The summed E-state index contributed by atoms with van der Waals surface area (Å²) in [6.45, 7) is 4.59. The quantitative estimate of drug-likeness (QED) is 0.775. The molecule has 0 radical (unpaired) electrons. The molecule has 0 spiro atoms. The number of amides is 2. The van der Waals surface area contributed by atoms with Gasteiger partial charge in [-0.25, -0.2) is 0 Å². The summed E-state index contributed by atoms with van der Waals surface area (Å²) in [5, 5.41) is 2.93. The minimum absolute atomic E-state index is 0. The Kier molecular flexibility index (Phi) is 7.95. The number of anilines is 2. The molecule has 2 amide bonds. The van der Waals surface area contributed by atoms with Gasteiger partial charge in [-0.2, -0.15) is 0 Å². The lowest BCUT2D eigenvalue weighted by molar-refractivity contribution is -0.129. The Labute approximate surface area is 154 Å². The van der Waals surface area contributed by atoms with Gasteiger partial charge in [0, 0.05) is 31.4 Å². The molecule has 134 valence electrons. The second kappa shape index (κ2) is 9.69. The SMILES string of the molecule is CCN(Cc1ccccc1NC(=O)Cc1ccc(N)cc1)C(C)=O.Cl. The van der Waals surface area contributed by atoms with E-state index in [0.717, 1.165) is 16.8 Å². The van der Waals surface area contributed by atoms with Crippen molar-refractivity contribution in [3.63, 3.8) is 0 Å². The molecular weight excluding hydrogens is 338 g/mol. The number of nitrogen functional groups attached to an aromatic ring is 1. The third-order valence-corrected chi connectivity index (χ3v) is 3.82. The number of carbonyl (C=O) groups excluding carboxylic acids is 2. The maximum atomic E-state index is 12.3. The van der Waals surface area contributed by atoms with Gasteiger partial charge < -0.3 is 16.0 Å². The van der Waals surface area contributed by atoms with Crippen molar-refractivity contribution in [2.75, 3.05) is 17.6 Å². The maximum absolute atomic E-state index is 12.3.